The van der Waals surface area contributed by atoms with Crippen molar-refractivity contribution in [3.8, 4) is 45.3 Å². The first-order chi connectivity index (χ1) is 38.7. The highest BCUT2D eigenvalue weighted by Gasteiger charge is 2.19. The molecule has 0 aliphatic carbocycles. The first-order valence-electron chi connectivity index (χ1n) is 33.4. The minimum absolute atomic E-state index is 0.722. The van der Waals surface area contributed by atoms with Crippen molar-refractivity contribution < 1.29 is 18.9 Å². The molecule has 5 aromatic rings. The molecule has 0 radical (unpaired) electrons. The van der Waals surface area contributed by atoms with Gasteiger partial charge in [-0.1, -0.05) is 307 Å². The number of ether oxygens (including phenoxy) is 4. The summed E-state index contributed by atoms with van der Waals surface area (Å²) < 4.78 is 26.7. The highest BCUT2D eigenvalue weighted by Crippen LogP contribution is 2.46. The maximum Gasteiger partial charge on any atom is 0.123 e. The van der Waals surface area contributed by atoms with Crippen LogP contribution < -0.4 is 18.9 Å². The van der Waals surface area contributed by atoms with Gasteiger partial charge in [0.2, 0.25) is 0 Å². The van der Waals surface area contributed by atoms with E-state index in [1.807, 2.05) is 0 Å². The normalized spacial score (nSPS) is 11.5. The molecular weight excluding hydrogens is 953 g/mol. The van der Waals surface area contributed by atoms with Gasteiger partial charge in [-0.05, 0) is 93.7 Å². The number of hydrogen-bond donors (Lipinski definition) is 0. The second-order valence-corrected chi connectivity index (χ2v) is 23.3. The Hall–Kier alpha value is -4.18. The topological polar surface area (TPSA) is 36.9 Å². The van der Waals surface area contributed by atoms with Crippen molar-refractivity contribution >= 4 is 21.5 Å². The number of unbranched alkanes of at least 4 members (excludes halogenated alkanes) is 36. The zero-order valence-corrected chi connectivity index (χ0v) is 50.8. The maximum absolute atomic E-state index is 6.69. The molecule has 5 aromatic carbocycles. The predicted molar refractivity (Wildman–Crippen MR) is 342 cm³/mol. The van der Waals surface area contributed by atoms with Crippen LogP contribution in [0.15, 0.2) is 84.9 Å². The Balaban J connectivity index is 1.37. The molecule has 0 saturated carbocycles. The van der Waals surface area contributed by atoms with E-state index >= 15 is 0 Å². The molecule has 0 saturated heterocycles. The zero-order chi connectivity index (χ0) is 54.8. The molecule has 0 atom stereocenters. The Labute approximate surface area is 479 Å². The van der Waals surface area contributed by atoms with E-state index in [1.54, 1.807) is 0 Å². The monoisotopic (exact) mass is 1070 g/mol. The Kier molecular flexibility index (Phi) is 35.4. The van der Waals surface area contributed by atoms with Crippen LogP contribution in [-0.4, -0.2) is 26.4 Å². The molecule has 0 bridgehead atoms. The minimum atomic E-state index is 0.722. The molecule has 0 spiro atoms. The van der Waals surface area contributed by atoms with E-state index in [9.17, 15) is 0 Å². The quantitative estimate of drug-likeness (QED) is 0.0287. The van der Waals surface area contributed by atoms with E-state index in [1.165, 1.54) is 264 Å². The van der Waals surface area contributed by atoms with Gasteiger partial charge >= 0.3 is 0 Å². The van der Waals surface area contributed by atoms with Crippen molar-refractivity contribution in [3.05, 3.63) is 84.9 Å². The van der Waals surface area contributed by atoms with Gasteiger partial charge in [-0.25, -0.2) is 0 Å². The molecule has 0 heterocycles. The molecule has 0 fully saturated rings. The summed E-state index contributed by atoms with van der Waals surface area (Å²) >= 11 is 0. The summed E-state index contributed by atoms with van der Waals surface area (Å²) in [5.74, 6) is 3.59. The van der Waals surface area contributed by atoms with E-state index in [0.29, 0.717) is 0 Å². The molecular formula is C74H114O4. The second kappa shape index (κ2) is 42.7. The average Bonchev–Trinajstić information content (AvgIpc) is 3.62. The van der Waals surface area contributed by atoms with Crippen molar-refractivity contribution in [2.24, 2.45) is 0 Å². The summed E-state index contributed by atoms with van der Waals surface area (Å²) in [5, 5.41) is 4.90. The van der Waals surface area contributed by atoms with Crippen LogP contribution in [0, 0.1) is 0 Å². The van der Waals surface area contributed by atoms with Gasteiger partial charge in [0.15, 0.2) is 0 Å². The average molecular weight is 1070 g/mol. The van der Waals surface area contributed by atoms with E-state index in [-0.39, 0.29) is 0 Å². The number of hydrogen-bond acceptors (Lipinski definition) is 4. The molecule has 4 heteroatoms. The molecule has 0 amide bonds. The van der Waals surface area contributed by atoms with Gasteiger partial charge in [-0.15, -0.1) is 0 Å². The van der Waals surface area contributed by atoms with Gasteiger partial charge in [0, 0.05) is 12.1 Å². The Morgan fingerprint density at radius 3 is 0.590 bits per heavy atom. The minimum Gasteiger partial charge on any atom is -0.493 e. The van der Waals surface area contributed by atoms with Crippen molar-refractivity contribution in [3.63, 3.8) is 0 Å². The molecule has 0 aromatic heterocycles. The van der Waals surface area contributed by atoms with E-state index in [4.69, 9.17) is 18.9 Å². The summed E-state index contributed by atoms with van der Waals surface area (Å²) in [6, 6.07) is 31.5. The fourth-order valence-corrected chi connectivity index (χ4v) is 11.6. The summed E-state index contributed by atoms with van der Waals surface area (Å²) in [4.78, 5) is 0. The Morgan fingerprint density at radius 2 is 0.397 bits per heavy atom. The van der Waals surface area contributed by atoms with Crippen molar-refractivity contribution in [1.82, 2.24) is 0 Å². The van der Waals surface area contributed by atoms with Crippen LogP contribution in [0.2, 0.25) is 0 Å². The van der Waals surface area contributed by atoms with E-state index in [0.717, 1.165) is 86.2 Å². The van der Waals surface area contributed by atoms with Crippen LogP contribution in [0.4, 0.5) is 0 Å². The molecule has 0 N–H and O–H groups in total. The third-order valence-electron chi connectivity index (χ3n) is 16.3. The fraction of sp³-hybridized carbons (Fsp3) is 0.649. The molecule has 5 rings (SSSR count). The summed E-state index contributed by atoms with van der Waals surface area (Å²) in [7, 11) is 0. The number of rotatable bonds is 50. The SMILES string of the molecule is CCCCCCCCCCCCOc1cc(OCCCCCCCCCCCC)cc(-c2c3ccccc3c(-c3cc(OCCCCCCCCCCCC)cc(OCCCCCCCCCCCC)c3)c3ccccc23)c1. The maximum atomic E-state index is 6.69. The number of benzene rings is 5. The van der Waals surface area contributed by atoms with Gasteiger partial charge in [-0.2, -0.15) is 0 Å². The van der Waals surface area contributed by atoms with Crippen LogP contribution in [0.3, 0.4) is 0 Å². The van der Waals surface area contributed by atoms with Crippen LogP contribution in [0.25, 0.3) is 43.8 Å². The Bertz CT molecular complexity index is 1960. The lowest BCUT2D eigenvalue weighted by Gasteiger charge is -2.20. The Morgan fingerprint density at radius 1 is 0.218 bits per heavy atom. The first-order valence-corrected chi connectivity index (χ1v) is 33.4. The van der Waals surface area contributed by atoms with Crippen LogP contribution in [-0.2, 0) is 0 Å². The van der Waals surface area contributed by atoms with Crippen molar-refractivity contribution in [2.45, 2.75) is 285 Å². The van der Waals surface area contributed by atoms with Crippen molar-refractivity contribution in [1.29, 1.82) is 0 Å². The van der Waals surface area contributed by atoms with Gasteiger partial charge < -0.3 is 18.9 Å². The largest absolute Gasteiger partial charge is 0.493 e. The van der Waals surface area contributed by atoms with Gasteiger partial charge in [0.05, 0.1) is 26.4 Å². The highest BCUT2D eigenvalue weighted by molar-refractivity contribution is 6.21. The molecule has 434 valence electrons. The van der Waals surface area contributed by atoms with Crippen LogP contribution in [0.5, 0.6) is 23.0 Å². The smallest absolute Gasteiger partial charge is 0.123 e. The van der Waals surface area contributed by atoms with Crippen LogP contribution in [0.1, 0.15) is 285 Å². The lowest BCUT2D eigenvalue weighted by molar-refractivity contribution is 0.289. The zero-order valence-electron chi connectivity index (χ0n) is 50.8. The fourth-order valence-electron chi connectivity index (χ4n) is 11.6. The van der Waals surface area contributed by atoms with Crippen LogP contribution >= 0.6 is 0 Å². The molecule has 0 unspecified atom stereocenters. The summed E-state index contributed by atoms with van der Waals surface area (Å²) in [6.07, 6.45) is 52.5. The van der Waals surface area contributed by atoms with E-state index < -0.39 is 0 Å². The highest BCUT2D eigenvalue weighted by atomic mass is 16.5. The van der Waals surface area contributed by atoms with E-state index in [2.05, 4.69) is 113 Å². The first kappa shape index (κ1) is 64.6. The van der Waals surface area contributed by atoms with Gasteiger partial charge in [-0.3, -0.25) is 0 Å². The predicted octanol–water partition coefficient (Wildman–Crippen LogP) is 24.5. The molecule has 78 heavy (non-hydrogen) atoms. The lowest BCUT2D eigenvalue weighted by Crippen LogP contribution is -2.02. The molecule has 0 aliphatic rings. The van der Waals surface area contributed by atoms with Gasteiger partial charge in [0.1, 0.15) is 23.0 Å². The third kappa shape index (κ3) is 25.9. The summed E-state index contributed by atoms with van der Waals surface area (Å²) in [6.45, 7) is 12.1. The molecule has 0 aliphatic heterocycles. The lowest BCUT2D eigenvalue weighted by atomic mass is 9.86. The summed E-state index contributed by atoms with van der Waals surface area (Å²) in [5.41, 5.74) is 4.73. The second-order valence-electron chi connectivity index (χ2n) is 23.3. The van der Waals surface area contributed by atoms with Crippen molar-refractivity contribution in [2.75, 3.05) is 26.4 Å². The third-order valence-corrected chi connectivity index (χ3v) is 16.3. The molecule has 4 nitrogen and oxygen atoms in total. The number of fused-ring (bicyclic) bond motifs is 2. The standard InChI is InChI=1S/C74H114O4/c1-5-9-13-17-21-25-29-33-37-45-53-75-65-57-63(58-66(61-65)76-54-46-38-34-30-26-22-18-14-10-6-2)73-69-49-41-43-51-71(69)74(72-52-44-42-50-70(72)73)64-59-67(77-55-47-39-35-31-27-23-19-15-11-7-3)62-68(60-64)78-56-48-40-36-32-28-24-20-16-12-8-4/h41-44,49-52,57-62H,5-40,45-48,53-56H2,1-4H3. The van der Waals surface area contributed by atoms with Gasteiger partial charge in [0.25, 0.3) is 0 Å².